The fraction of sp³-hybridized carbons (Fsp3) is 0.300. The zero-order valence-electron chi connectivity index (χ0n) is 7.46. The van der Waals surface area contributed by atoms with Crippen LogP contribution in [0.4, 0.5) is 0 Å². The lowest BCUT2D eigenvalue weighted by Crippen LogP contribution is -2.09. The second-order valence-electron chi connectivity index (χ2n) is 3.43. The lowest BCUT2D eigenvalue weighted by atomic mass is 10.4. The van der Waals surface area contributed by atoms with Crippen molar-refractivity contribution in [3.8, 4) is 0 Å². The van der Waals surface area contributed by atoms with Crippen LogP contribution in [-0.4, -0.2) is 20.0 Å². The van der Waals surface area contributed by atoms with Crippen LogP contribution in [-0.2, 0) is 14.6 Å². The van der Waals surface area contributed by atoms with Crippen LogP contribution in [0.15, 0.2) is 35.2 Å². The minimum absolute atomic E-state index is 0.291. The Kier molecular flexibility index (Phi) is 2.15. The van der Waals surface area contributed by atoms with E-state index >= 15 is 0 Å². The van der Waals surface area contributed by atoms with Gasteiger partial charge in [0.2, 0.25) is 0 Å². The van der Waals surface area contributed by atoms with Gasteiger partial charge in [0.1, 0.15) is 6.29 Å². The molecule has 0 N–H and O–H groups in total. The number of hydrogen-bond donors (Lipinski definition) is 0. The van der Waals surface area contributed by atoms with Gasteiger partial charge in [-0.25, -0.2) is 8.42 Å². The fourth-order valence-corrected chi connectivity index (χ4v) is 3.36. The first-order valence-electron chi connectivity index (χ1n) is 4.40. The minimum Gasteiger partial charge on any atom is -0.303 e. The maximum absolute atomic E-state index is 11.8. The molecule has 2 atom stereocenters. The normalized spacial score (nSPS) is 25.7. The molecule has 0 heterocycles. The Balaban J connectivity index is 2.31. The van der Waals surface area contributed by atoms with E-state index in [1.807, 2.05) is 0 Å². The molecule has 0 spiro atoms. The Hall–Kier alpha value is -1.16. The standard InChI is InChI=1S/C10H10O3S/c11-7-8-6-10(8)14(12,13)9-4-2-1-3-5-9/h1-5,7-8,10H,6H2/t8-,10-/m0/s1. The predicted molar refractivity (Wildman–Crippen MR) is 51.6 cm³/mol. The van der Waals surface area contributed by atoms with E-state index < -0.39 is 15.1 Å². The summed E-state index contributed by atoms with van der Waals surface area (Å²) in [5.74, 6) is -0.291. The van der Waals surface area contributed by atoms with Crippen molar-refractivity contribution in [1.29, 1.82) is 0 Å². The summed E-state index contributed by atoms with van der Waals surface area (Å²) in [4.78, 5) is 10.7. The molecule has 74 valence electrons. The van der Waals surface area contributed by atoms with Crippen LogP contribution in [0.3, 0.4) is 0 Å². The number of aldehydes is 1. The number of rotatable bonds is 3. The monoisotopic (exact) mass is 210 g/mol. The first kappa shape index (κ1) is 9.40. The largest absolute Gasteiger partial charge is 0.303 e. The molecule has 1 aliphatic carbocycles. The molecular weight excluding hydrogens is 200 g/mol. The van der Waals surface area contributed by atoms with Crippen molar-refractivity contribution in [3.63, 3.8) is 0 Å². The van der Waals surface area contributed by atoms with Crippen LogP contribution < -0.4 is 0 Å². The smallest absolute Gasteiger partial charge is 0.181 e. The number of sulfone groups is 1. The first-order valence-corrected chi connectivity index (χ1v) is 5.95. The number of benzene rings is 1. The van der Waals surface area contributed by atoms with Gasteiger partial charge in [0, 0.05) is 5.92 Å². The molecule has 1 aromatic rings. The van der Waals surface area contributed by atoms with Crippen LogP contribution >= 0.6 is 0 Å². The van der Waals surface area contributed by atoms with Crippen molar-refractivity contribution in [2.45, 2.75) is 16.6 Å². The molecule has 0 bridgehead atoms. The van der Waals surface area contributed by atoms with Crippen molar-refractivity contribution in [2.75, 3.05) is 0 Å². The van der Waals surface area contributed by atoms with Crippen LogP contribution in [0.2, 0.25) is 0 Å². The quantitative estimate of drug-likeness (QED) is 0.701. The summed E-state index contributed by atoms with van der Waals surface area (Å²) in [6, 6.07) is 8.27. The van der Waals surface area contributed by atoms with Gasteiger partial charge in [-0.3, -0.25) is 0 Å². The maximum Gasteiger partial charge on any atom is 0.181 e. The van der Waals surface area contributed by atoms with Gasteiger partial charge in [0.25, 0.3) is 0 Å². The van der Waals surface area contributed by atoms with Gasteiger partial charge in [-0.1, -0.05) is 18.2 Å². The molecule has 4 heteroatoms. The van der Waals surface area contributed by atoms with E-state index in [0.717, 1.165) is 6.29 Å². The lowest BCUT2D eigenvalue weighted by Gasteiger charge is -2.00. The third kappa shape index (κ3) is 1.46. The molecule has 1 aliphatic rings. The maximum atomic E-state index is 11.8. The van der Waals surface area contributed by atoms with Crippen molar-refractivity contribution in [3.05, 3.63) is 30.3 Å². The van der Waals surface area contributed by atoms with Crippen LogP contribution in [0.1, 0.15) is 6.42 Å². The molecule has 0 unspecified atom stereocenters. The highest BCUT2D eigenvalue weighted by molar-refractivity contribution is 7.92. The SMILES string of the molecule is O=C[C@@H]1C[C@@H]1S(=O)(=O)c1ccccc1. The summed E-state index contributed by atoms with van der Waals surface area (Å²) >= 11 is 0. The van der Waals surface area contributed by atoms with Crippen molar-refractivity contribution in [1.82, 2.24) is 0 Å². The van der Waals surface area contributed by atoms with Gasteiger partial charge in [-0.2, -0.15) is 0 Å². The van der Waals surface area contributed by atoms with E-state index in [4.69, 9.17) is 0 Å². The van der Waals surface area contributed by atoms with Crippen molar-refractivity contribution < 1.29 is 13.2 Å². The highest BCUT2D eigenvalue weighted by Gasteiger charge is 2.47. The highest BCUT2D eigenvalue weighted by Crippen LogP contribution is 2.38. The number of hydrogen-bond acceptors (Lipinski definition) is 3. The average Bonchev–Trinajstić information content (AvgIpc) is 2.98. The second-order valence-corrected chi connectivity index (χ2v) is 5.60. The van der Waals surface area contributed by atoms with Crippen molar-refractivity contribution in [2.24, 2.45) is 5.92 Å². The third-order valence-electron chi connectivity index (χ3n) is 2.42. The molecule has 1 saturated carbocycles. The molecule has 3 nitrogen and oxygen atoms in total. The van der Waals surface area contributed by atoms with Crippen molar-refractivity contribution >= 4 is 16.1 Å². The fourth-order valence-electron chi connectivity index (χ4n) is 1.47. The third-order valence-corrected chi connectivity index (χ3v) is 4.69. The molecule has 0 aliphatic heterocycles. The van der Waals surface area contributed by atoms with E-state index in [-0.39, 0.29) is 5.92 Å². The molecule has 14 heavy (non-hydrogen) atoms. The van der Waals surface area contributed by atoms with Gasteiger partial charge in [0.05, 0.1) is 10.1 Å². The molecular formula is C10H10O3S. The Bertz CT molecular complexity index is 436. The van der Waals surface area contributed by atoms with Gasteiger partial charge < -0.3 is 4.79 Å². The van der Waals surface area contributed by atoms with E-state index in [1.165, 1.54) is 0 Å². The second kappa shape index (κ2) is 3.20. The van der Waals surface area contributed by atoms with Crippen LogP contribution in [0.25, 0.3) is 0 Å². The Morgan fingerprint density at radius 1 is 1.21 bits per heavy atom. The van der Waals surface area contributed by atoms with E-state index in [2.05, 4.69) is 0 Å². The molecule has 0 saturated heterocycles. The van der Waals surface area contributed by atoms with Crippen LogP contribution in [0.5, 0.6) is 0 Å². The number of carbonyl (C=O) groups excluding carboxylic acids is 1. The van der Waals surface area contributed by atoms with Gasteiger partial charge in [0.15, 0.2) is 9.84 Å². The molecule has 0 radical (unpaired) electrons. The summed E-state index contributed by atoms with van der Waals surface area (Å²) in [7, 11) is -3.26. The van der Waals surface area contributed by atoms with E-state index in [9.17, 15) is 13.2 Å². The van der Waals surface area contributed by atoms with E-state index in [0.29, 0.717) is 11.3 Å². The molecule has 2 rings (SSSR count). The van der Waals surface area contributed by atoms with Gasteiger partial charge >= 0.3 is 0 Å². The summed E-state index contributed by atoms with van der Waals surface area (Å²) in [6.45, 7) is 0. The zero-order valence-corrected chi connectivity index (χ0v) is 8.28. The summed E-state index contributed by atoms with van der Waals surface area (Å²) in [6.07, 6.45) is 1.20. The molecule has 0 amide bonds. The Morgan fingerprint density at radius 3 is 2.36 bits per heavy atom. The summed E-state index contributed by atoms with van der Waals surface area (Å²) in [5, 5.41) is -0.484. The molecule has 1 fully saturated rings. The van der Waals surface area contributed by atoms with Gasteiger partial charge in [-0.15, -0.1) is 0 Å². The van der Waals surface area contributed by atoms with E-state index in [1.54, 1.807) is 30.3 Å². The molecule has 0 aromatic heterocycles. The molecule has 1 aromatic carbocycles. The predicted octanol–water partition coefficient (Wildman–Crippen LogP) is 1.05. The first-order chi connectivity index (χ1) is 6.66. The topological polar surface area (TPSA) is 51.2 Å². The van der Waals surface area contributed by atoms with Crippen LogP contribution in [0, 0.1) is 5.92 Å². The minimum atomic E-state index is -3.26. The lowest BCUT2D eigenvalue weighted by molar-refractivity contribution is -0.108. The summed E-state index contributed by atoms with van der Waals surface area (Å²) < 4.78 is 23.6. The Labute approximate surface area is 82.7 Å². The Morgan fingerprint density at radius 2 is 1.86 bits per heavy atom. The highest BCUT2D eigenvalue weighted by atomic mass is 32.2. The number of carbonyl (C=O) groups is 1. The van der Waals surface area contributed by atoms with Gasteiger partial charge in [-0.05, 0) is 18.6 Å². The summed E-state index contributed by atoms with van der Waals surface area (Å²) in [5.41, 5.74) is 0. The zero-order chi connectivity index (χ0) is 10.2. The average molecular weight is 210 g/mol.